The molecule has 0 spiro atoms. The molecule has 3 rings (SSSR count). The molecule has 22 heavy (non-hydrogen) atoms. The van der Waals surface area contributed by atoms with E-state index in [1.54, 1.807) is 23.3 Å². The lowest BCUT2D eigenvalue weighted by Gasteiger charge is -2.22. The quantitative estimate of drug-likeness (QED) is 0.804. The Kier molecular flexibility index (Phi) is 4.69. The number of piperidine rings is 1. The summed E-state index contributed by atoms with van der Waals surface area (Å²) in [5.41, 5.74) is 1.34. The largest absolute Gasteiger partial charge is 0.350 e. The minimum atomic E-state index is -0.202. The molecule has 0 unspecified atom stereocenters. The fourth-order valence-electron chi connectivity index (χ4n) is 2.49. The van der Waals surface area contributed by atoms with E-state index < -0.39 is 0 Å². The van der Waals surface area contributed by atoms with E-state index in [0.29, 0.717) is 18.7 Å². The molecule has 8 heteroatoms. The molecule has 1 amide bonds. The van der Waals surface area contributed by atoms with E-state index in [-0.39, 0.29) is 11.9 Å². The maximum Gasteiger partial charge on any atom is 0.273 e. The number of nitrogens with zero attached hydrogens (tertiary/aromatic N) is 5. The van der Waals surface area contributed by atoms with E-state index in [4.69, 9.17) is 0 Å². The van der Waals surface area contributed by atoms with Gasteiger partial charge in [0.05, 0.1) is 12.2 Å². The van der Waals surface area contributed by atoms with Crippen LogP contribution < -0.4 is 10.6 Å². The van der Waals surface area contributed by atoms with Gasteiger partial charge in [-0.3, -0.25) is 4.79 Å². The van der Waals surface area contributed by atoms with E-state index in [2.05, 4.69) is 30.9 Å². The summed E-state index contributed by atoms with van der Waals surface area (Å²) in [4.78, 5) is 19.9. The van der Waals surface area contributed by atoms with Gasteiger partial charge < -0.3 is 10.6 Å². The highest BCUT2D eigenvalue weighted by Gasteiger charge is 2.18. The van der Waals surface area contributed by atoms with Crippen LogP contribution in [-0.4, -0.2) is 50.5 Å². The lowest BCUT2D eigenvalue weighted by atomic mass is 10.1. The van der Waals surface area contributed by atoms with Crippen molar-refractivity contribution < 1.29 is 4.79 Å². The van der Waals surface area contributed by atoms with Crippen LogP contribution in [0.4, 0.5) is 0 Å². The first-order valence-electron chi connectivity index (χ1n) is 7.47. The zero-order chi connectivity index (χ0) is 15.2. The molecule has 2 N–H and O–H groups in total. The number of amides is 1. The minimum absolute atomic E-state index is 0.202. The van der Waals surface area contributed by atoms with Crippen molar-refractivity contribution in [2.24, 2.45) is 0 Å². The maximum atomic E-state index is 12.1. The molecule has 0 radical (unpaired) electrons. The summed E-state index contributed by atoms with van der Waals surface area (Å²) in [6.45, 7) is 2.43. The van der Waals surface area contributed by atoms with Crippen molar-refractivity contribution >= 4 is 5.91 Å². The van der Waals surface area contributed by atoms with Crippen LogP contribution in [0.5, 0.6) is 0 Å². The van der Waals surface area contributed by atoms with Gasteiger partial charge in [0.1, 0.15) is 6.33 Å². The number of hydrogen-bond acceptors (Lipinski definition) is 6. The van der Waals surface area contributed by atoms with Crippen molar-refractivity contribution in [3.8, 4) is 0 Å². The van der Waals surface area contributed by atoms with Gasteiger partial charge >= 0.3 is 0 Å². The number of nitrogens with one attached hydrogen (secondary N) is 2. The van der Waals surface area contributed by atoms with Crippen LogP contribution in [0.15, 0.2) is 24.9 Å². The third-order valence-electron chi connectivity index (χ3n) is 3.70. The molecule has 2 aromatic rings. The molecule has 1 aliphatic rings. The molecule has 0 saturated carbocycles. The number of hydrogen-bond donors (Lipinski definition) is 2. The number of carbonyl (C=O) groups is 1. The summed E-state index contributed by atoms with van der Waals surface area (Å²) in [5.74, 6) is -0.202. The monoisotopic (exact) mass is 301 g/mol. The van der Waals surface area contributed by atoms with Gasteiger partial charge in [0.25, 0.3) is 5.91 Å². The number of carbonyl (C=O) groups excluding carboxylic acids is 1. The van der Waals surface area contributed by atoms with Crippen molar-refractivity contribution in [2.45, 2.75) is 25.3 Å². The smallest absolute Gasteiger partial charge is 0.273 e. The topological polar surface area (TPSA) is 97.6 Å². The molecular weight excluding hydrogens is 282 g/mol. The Bertz CT molecular complexity index is 607. The van der Waals surface area contributed by atoms with Gasteiger partial charge in [0, 0.05) is 25.5 Å². The van der Waals surface area contributed by atoms with Gasteiger partial charge in [-0.15, -0.1) is 5.10 Å². The average Bonchev–Trinajstić information content (AvgIpc) is 3.07. The molecule has 1 atom stereocenters. The van der Waals surface area contributed by atoms with Gasteiger partial charge in [-0.05, 0) is 31.4 Å². The zero-order valence-electron chi connectivity index (χ0n) is 12.3. The summed E-state index contributed by atoms with van der Waals surface area (Å²) in [6, 6.07) is 0.282. The van der Waals surface area contributed by atoms with Crippen LogP contribution in [0, 0.1) is 0 Å². The molecule has 3 heterocycles. The standard InChI is InChI=1S/C14H19N7O/c22-14(18-5-3-11-6-16-10-17-7-11)13-9-21(20-19-13)12-2-1-4-15-8-12/h6-7,9-10,12,15H,1-5,8H2,(H,18,22)/t12-/m0/s1. The lowest BCUT2D eigenvalue weighted by Crippen LogP contribution is -2.32. The van der Waals surface area contributed by atoms with E-state index in [0.717, 1.165) is 31.5 Å². The van der Waals surface area contributed by atoms with Crippen molar-refractivity contribution in [3.05, 3.63) is 36.2 Å². The summed E-state index contributed by atoms with van der Waals surface area (Å²) in [5, 5.41) is 14.2. The van der Waals surface area contributed by atoms with Crippen molar-refractivity contribution in [2.75, 3.05) is 19.6 Å². The average molecular weight is 301 g/mol. The predicted octanol–water partition coefficient (Wildman–Crippen LogP) is -0.0349. The Morgan fingerprint density at radius 3 is 3.05 bits per heavy atom. The molecule has 1 saturated heterocycles. The van der Waals surface area contributed by atoms with Crippen LogP contribution in [0.1, 0.15) is 34.9 Å². The second-order valence-electron chi connectivity index (χ2n) is 5.34. The van der Waals surface area contributed by atoms with E-state index in [9.17, 15) is 4.79 Å². The van der Waals surface area contributed by atoms with Gasteiger partial charge in [0.15, 0.2) is 5.69 Å². The summed E-state index contributed by atoms with van der Waals surface area (Å²) in [7, 11) is 0. The Hall–Kier alpha value is -2.35. The number of rotatable bonds is 5. The highest BCUT2D eigenvalue weighted by Crippen LogP contribution is 2.15. The third kappa shape index (κ3) is 3.64. The van der Waals surface area contributed by atoms with Gasteiger partial charge in [-0.25, -0.2) is 14.6 Å². The molecule has 8 nitrogen and oxygen atoms in total. The second-order valence-corrected chi connectivity index (χ2v) is 5.34. The lowest BCUT2D eigenvalue weighted by molar-refractivity contribution is 0.0949. The molecule has 2 aromatic heterocycles. The Labute approximate surface area is 128 Å². The highest BCUT2D eigenvalue weighted by atomic mass is 16.2. The molecular formula is C14H19N7O. The highest BCUT2D eigenvalue weighted by molar-refractivity contribution is 5.91. The fraction of sp³-hybridized carbons (Fsp3) is 0.500. The molecule has 0 bridgehead atoms. The Balaban J connectivity index is 1.51. The zero-order valence-corrected chi connectivity index (χ0v) is 12.3. The van der Waals surface area contributed by atoms with Gasteiger partial charge in [-0.2, -0.15) is 0 Å². The summed E-state index contributed by atoms with van der Waals surface area (Å²) < 4.78 is 1.78. The Morgan fingerprint density at radius 2 is 2.27 bits per heavy atom. The predicted molar refractivity (Wildman–Crippen MR) is 79.2 cm³/mol. The molecule has 0 aromatic carbocycles. The van der Waals surface area contributed by atoms with Crippen LogP contribution in [0.3, 0.4) is 0 Å². The molecule has 1 fully saturated rings. The minimum Gasteiger partial charge on any atom is -0.350 e. The van der Waals surface area contributed by atoms with E-state index in [1.165, 1.54) is 6.33 Å². The van der Waals surface area contributed by atoms with Crippen LogP contribution in [-0.2, 0) is 6.42 Å². The Morgan fingerprint density at radius 1 is 1.41 bits per heavy atom. The van der Waals surface area contributed by atoms with Crippen molar-refractivity contribution in [3.63, 3.8) is 0 Å². The van der Waals surface area contributed by atoms with Crippen LogP contribution in [0.25, 0.3) is 0 Å². The molecule has 1 aliphatic heterocycles. The summed E-state index contributed by atoms with van der Waals surface area (Å²) in [6.07, 6.45) is 9.56. The van der Waals surface area contributed by atoms with Crippen LogP contribution >= 0.6 is 0 Å². The van der Waals surface area contributed by atoms with Gasteiger partial charge in [0.2, 0.25) is 0 Å². The first-order valence-corrected chi connectivity index (χ1v) is 7.47. The second kappa shape index (κ2) is 7.08. The van der Waals surface area contributed by atoms with Gasteiger partial charge in [-0.1, -0.05) is 5.21 Å². The van der Waals surface area contributed by atoms with Crippen molar-refractivity contribution in [1.82, 2.24) is 35.6 Å². The van der Waals surface area contributed by atoms with Crippen LogP contribution in [0.2, 0.25) is 0 Å². The number of aromatic nitrogens is 5. The summed E-state index contributed by atoms with van der Waals surface area (Å²) >= 11 is 0. The molecule has 116 valence electrons. The van der Waals surface area contributed by atoms with E-state index in [1.807, 2.05) is 0 Å². The fourth-order valence-corrected chi connectivity index (χ4v) is 2.49. The maximum absolute atomic E-state index is 12.1. The third-order valence-corrected chi connectivity index (χ3v) is 3.70. The first kappa shape index (κ1) is 14.6. The normalized spacial score (nSPS) is 18.1. The molecule has 0 aliphatic carbocycles. The van der Waals surface area contributed by atoms with E-state index >= 15 is 0 Å². The van der Waals surface area contributed by atoms with Crippen molar-refractivity contribution in [1.29, 1.82) is 0 Å². The first-order chi connectivity index (χ1) is 10.8. The SMILES string of the molecule is O=C(NCCc1cncnc1)c1cn([C@H]2CCCNC2)nn1.